The Balaban J connectivity index is 2.20. The van der Waals surface area contributed by atoms with Gasteiger partial charge in [0.1, 0.15) is 11.1 Å². The fourth-order valence-electron chi connectivity index (χ4n) is 2.54. The van der Waals surface area contributed by atoms with E-state index in [0.717, 1.165) is 5.39 Å². The molecule has 0 aliphatic rings. The Morgan fingerprint density at radius 2 is 1.96 bits per heavy atom. The van der Waals surface area contributed by atoms with Crippen molar-refractivity contribution in [2.45, 2.75) is 52.9 Å². The van der Waals surface area contributed by atoms with Crippen molar-refractivity contribution in [1.29, 1.82) is 5.26 Å². The van der Waals surface area contributed by atoms with Crippen LogP contribution in [0, 0.1) is 17.2 Å². The monoisotopic (exact) mass is 386 g/mol. The lowest BCUT2D eigenvalue weighted by Crippen LogP contribution is -2.52. The molecule has 0 aliphatic heterocycles. The van der Waals surface area contributed by atoms with Crippen molar-refractivity contribution >= 4 is 22.8 Å². The van der Waals surface area contributed by atoms with Gasteiger partial charge >= 0.3 is 5.97 Å². The number of ether oxygens (including phenoxy) is 2. The SMILES string of the molecule is CCOCc1c(C(=O)O[C@@H](C)C(=O)N[C@](C)(C#N)C(C)C)oc2ccccc12. The average Bonchev–Trinajstić information content (AvgIpc) is 3.04. The van der Waals surface area contributed by atoms with Crippen molar-refractivity contribution in [2.75, 3.05) is 6.61 Å². The molecule has 0 aliphatic carbocycles. The van der Waals surface area contributed by atoms with Crippen LogP contribution in [-0.4, -0.2) is 30.1 Å². The second-order valence-electron chi connectivity index (χ2n) is 7.05. The number of nitrogens with zero attached hydrogens (tertiary/aromatic N) is 1. The van der Waals surface area contributed by atoms with Gasteiger partial charge in [0, 0.05) is 17.6 Å². The molecule has 0 saturated carbocycles. The zero-order chi connectivity index (χ0) is 20.9. The highest BCUT2D eigenvalue weighted by Crippen LogP contribution is 2.27. The van der Waals surface area contributed by atoms with Gasteiger partial charge in [-0.05, 0) is 32.8 Å². The molecule has 28 heavy (non-hydrogen) atoms. The second kappa shape index (κ2) is 8.89. The highest BCUT2D eigenvalue weighted by atomic mass is 16.6. The molecule has 2 atom stereocenters. The summed E-state index contributed by atoms with van der Waals surface area (Å²) in [6.07, 6.45) is -1.09. The zero-order valence-electron chi connectivity index (χ0n) is 16.9. The van der Waals surface area contributed by atoms with Gasteiger partial charge in [-0.25, -0.2) is 4.79 Å². The van der Waals surface area contributed by atoms with Crippen LogP contribution in [0.2, 0.25) is 0 Å². The van der Waals surface area contributed by atoms with Gasteiger partial charge < -0.3 is 19.2 Å². The summed E-state index contributed by atoms with van der Waals surface area (Å²) >= 11 is 0. The van der Waals surface area contributed by atoms with Crippen LogP contribution in [-0.2, 0) is 20.9 Å². The summed E-state index contributed by atoms with van der Waals surface area (Å²) in [5.41, 5.74) is 0.0641. The van der Waals surface area contributed by atoms with Crippen molar-refractivity contribution in [1.82, 2.24) is 5.32 Å². The third-order valence-corrected chi connectivity index (χ3v) is 4.76. The number of furan rings is 1. The summed E-state index contributed by atoms with van der Waals surface area (Å²) in [5.74, 6) is -1.40. The Bertz CT molecular complexity index is 896. The molecule has 1 amide bonds. The quantitative estimate of drug-likeness (QED) is 0.696. The van der Waals surface area contributed by atoms with E-state index in [-0.39, 0.29) is 18.3 Å². The molecule has 2 aromatic rings. The summed E-state index contributed by atoms with van der Waals surface area (Å²) in [7, 11) is 0. The molecule has 0 fully saturated rings. The van der Waals surface area contributed by atoms with E-state index in [1.165, 1.54) is 6.92 Å². The molecule has 0 saturated heterocycles. The molecule has 150 valence electrons. The summed E-state index contributed by atoms with van der Waals surface area (Å²) in [6.45, 7) is 9.27. The van der Waals surface area contributed by atoms with E-state index in [2.05, 4.69) is 11.4 Å². The molecule has 0 spiro atoms. The van der Waals surface area contributed by atoms with Crippen LogP contribution in [0.5, 0.6) is 0 Å². The number of hydrogen-bond acceptors (Lipinski definition) is 6. The van der Waals surface area contributed by atoms with Crippen LogP contribution >= 0.6 is 0 Å². The number of rotatable bonds is 8. The van der Waals surface area contributed by atoms with E-state index in [1.807, 2.05) is 32.9 Å². The topological polar surface area (TPSA) is 102 Å². The Hall–Kier alpha value is -2.85. The fraction of sp³-hybridized carbons (Fsp3) is 0.476. The smallest absolute Gasteiger partial charge is 0.375 e. The predicted octanol–water partition coefficient (Wildman–Crippen LogP) is 3.57. The number of carbonyl (C=O) groups excluding carboxylic acids is 2. The molecule has 0 radical (unpaired) electrons. The van der Waals surface area contributed by atoms with Crippen molar-refractivity contribution in [3.8, 4) is 6.07 Å². The third-order valence-electron chi connectivity index (χ3n) is 4.76. The summed E-state index contributed by atoms with van der Waals surface area (Å²) in [6, 6.07) is 9.32. The van der Waals surface area contributed by atoms with E-state index in [4.69, 9.17) is 13.9 Å². The van der Waals surface area contributed by atoms with E-state index in [1.54, 1.807) is 19.1 Å². The zero-order valence-corrected chi connectivity index (χ0v) is 16.9. The van der Waals surface area contributed by atoms with Gasteiger partial charge in [-0.2, -0.15) is 5.26 Å². The van der Waals surface area contributed by atoms with Gasteiger partial charge in [0.2, 0.25) is 5.76 Å². The maximum absolute atomic E-state index is 12.7. The first kappa shape index (κ1) is 21.5. The molecule has 7 nitrogen and oxygen atoms in total. The molecule has 1 N–H and O–H groups in total. The van der Waals surface area contributed by atoms with Crippen LogP contribution < -0.4 is 5.32 Å². The second-order valence-corrected chi connectivity index (χ2v) is 7.05. The van der Waals surface area contributed by atoms with Gasteiger partial charge in [0.15, 0.2) is 6.10 Å². The number of esters is 1. The molecular weight excluding hydrogens is 360 g/mol. The first-order chi connectivity index (χ1) is 13.2. The lowest BCUT2D eigenvalue weighted by molar-refractivity contribution is -0.130. The van der Waals surface area contributed by atoms with Crippen LogP contribution in [0.3, 0.4) is 0 Å². The molecule has 1 heterocycles. The number of nitrogens with one attached hydrogen (secondary N) is 1. The van der Waals surface area contributed by atoms with Crippen molar-refractivity contribution < 1.29 is 23.5 Å². The normalized spacial score (nSPS) is 14.3. The van der Waals surface area contributed by atoms with Gasteiger partial charge in [-0.15, -0.1) is 0 Å². The van der Waals surface area contributed by atoms with Crippen LogP contribution in [0.4, 0.5) is 0 Å². The Morgan fingerprint density at radius 3 is 2.57 bits per heavy atom. The van der Waals surface area contributed by atoms with E-state index in [9.17, 15) is 14.9 Å². The molecule has 0 unspecified atom stereocenters. The predicted molar refractivity (Wildman–Crippen MR) is 103 cm³/mol. The molecule has 1 aromatic carbocycles. The minimum absolute atomic E-state index is 0.0150. The van der Waals surface area contributed by atoms with E-state index in [0.29, 0.717) is 17.8 Å². The van der Waals surface area contributed by atoms with Crippen molar-refractivity contribution in [3.63, 3.8) is 0 Å². The van der Waals surface area contributed by atoms with Crippen molar-refractivity contribution in [3.05, 3.63) is 35.6 Å². The van der Waals surface area contributed by atoms with E-state index >= 15 is 0 Å². The van der Waals surface area contributed by atoms with Gasteiger partial charge in [0.25, 0.3) is 5.91 Å². The van der Waals surface area contributed by atoms with Gasteiger partial charge in [-0.1, -0.05) is 32.0 Å². The maximum Gasteiger partial charge on any atom is 0.375 e. The number of nitriles is 1. The Labute approximate surface area is 164 Å². The number of amides is 1. The maximum atomic E-state index is 12.7. The number of para-hydroxylation sites is 1. The van der Waals surface area contributed by atoms with E-state index < -0.39 is 23.5 Å². The largest absolute Gasteiger partial charge is 0.449 e. The number of hydrogen-bond donors (Lipinski definition) is 1. The minimum atomic E-state index is -1.09. The van der Waals surface area contributed by atoms with Gasteiger partial charge in [0.05, 0.1) is 12.7 Å². The summed E-state index contributed by atoms with van der Waals surface area (Å²) < 4.78 is 16.4. The van der Waals surface area contributed by atoms with Crippen LogP contribution in [0.25, 0.3) is 11.0 Å². The minimum Gasteiger partial charge on any atom is -0.449 e. The first-order valence-corrected chi connectivity index (χ1v) is 9.25. The molecule has 7 heteroatoms. The third kappa shape index (κ3) is 4.52. The number of carbonyl (C=O) groups is 2. The van der Waals surface area contributed by atoms with Crippen molar-refractivity contribution in [2.24, 2.45) is 5.92 Å². The molecular formula is C21H26N2O5. The summed E-state index contributed by atoms with van der Waals surface area (Å²) in [4.78, 5) is 25.1. The highest BCUT2D eigenvalue weighted by molar-refractivity contribution is 5.97. The first-order valence-electron chi connectivity index (χ1n) is 9.25. The highest BCUT2D eigenvalue weighted by Gasteiger charge is 2.33. The lowest BCUT2D eigenvalue weighted by atomic mass is 9.90. The lowest BCUT2D eigenvalue weighted by Gasteiger charge is -2.28. The number of benzene rings is 1. The molecule has 2 rings (SSSR count). The molecule has 1 aromatic heterocycles. The standard InChI is InChI=1S/C21H26N2O5/c1-6-26-11-16-15-9-7-8-10-17(15)28-18(16)20(25)27-14(4)19(24)23-21(5,12-22)13(2)3/h7-10,13-14H,6,11H2,1-5H3,(H,23,24)/t14-,21+/m0/s1. The van der Waals surface area contributed by atoms with Crippen LogP contribution in [0.1, 0.15) is 50.7 Å². The van der Waals surface area contributed by atoms with Crippen LogP contribution in [0.15, 0.2) is 28.7 Å². The summed E-state index contributed by atoms with van der Waals surface area (Å²) in [5, 5.41) is 12.7. The Morgan fingerprint density at radius 1 is 1.29 bits per heavy atom. The van der Waals surface area contributed by atoms with Gasteiger partial charge in [-0.3, -0.25) is 4.79 Å². The fourth-order valence-corrected chi connectivity index (χ4v) is 2.54. The molecule has 0 bridgehead atoms. The number of fused-ring (bicyclic) bond motifs is 1. The Kier molecular flexibility index (Phi) is 6.81. The average molecular weight is 386 g/mol.